The topological polar surface area (TPSA) is 63.3 Å². The molecule has 3 N–H and O–H groups in total. The highest BCUT2D eigenvalue weighted by Crippen LogP contribution is 2.26. The lowest BCUT2D eigenvalue weighted by molar-refractivity contribution is 0.0698. The number of rotatable bonds is 1. The molecule has 15 heavy (non-hydrogen) atoms. The van der Waals surface area contributed by atoms with Crippen LogP contribution in [0.25, 0.3) is 10.8 Å². The molecule has 0 saturated heterocycles. The molecule has 0 atom stereocenters. The monoisotopic (exact) mass is 201 g/mol. The smallest absolute Gasteiger partial charge is 0.337 e. The predicted octanol–water partition coefficient (Wildman–Crippen LogP) is 2.43. The van der Waals surface area contributed by atoms with Crippen LogP contribution in [0.3, 0.4) is 0 Å². The lowest BCUT2D eigenvalue weighted by Gasteiger charge is -2.07. The van der Waals surface area contributed by atoms with Gasteiger partial charge in [-0.2, -0.15) is 0 Å². The van der Waals surface area contributed by atoms with Gasteiger partial charge in [-0.1, -0.05) is 24.3 Å². The maximum atomic E-state index is 10.9. The summed E-state index contributed by atoms with van der Waals surface area (Å²) in [5, 5.41) is 10.7. The summed E-state index contributed by atoms with van der Waals surface area (Å²) in [6, 6.07) is 9.03. The second kappa shape index (κ2) is 3.28. The van der Waals surface area contributed by atoms with Crippen LogP contribution < -0.4 is 5.73 Å². The summed E-state index contributed by atoms with van der Waals surface area (Å²) in [6.45, 7) is 1.97. The first kappa shape index (κ1) is 9.52. The van der Waals surface area contributed by atoms with E-state index in [1.807, 2.05) is 25.1 Å². The third-order valence-corrected chi connectivity index (χ3v) is 2.55. The van der Waals surface area contributed by atoms with Gasteiger partial charge in [0.25, 0.3) is 0 Å². The first-order valence-electron chi connectivity index (χ1n) is 4.62. The number of carboxylic acid groups (broad SMARTS) is 1. The quantitative estimate of drug-likeness (QED) is 0.696. The van der Waals surface area contributed by atoms with Crippen LogP contribution in [0.15, 0.2) is 30.3 Å². The largest absolute Gasteiger partial charge is 0.478 e. The minimum absolute atomic E-state index is 0.160. The molecule has 0 heterocycles. The molecule has 2 rings (SSSR count). The van der Waals surface area contributed by atoms with Crippen LogP contribution in [0, 0.1) is 6.92 Å². The molecule has 0 aliphatic carbocycles. The molecule has 0 aliphatic heterocycles. The van der Waals surface area contributed by atoms with Crippen molar-refractivity contribution in [2.45, 2.75) is 6.92 Å². The zero-order valence-electron chi connectivity index (χ0n) is 8.32. The Morgan fingerprint density at radius 2 is 1.93 bits per heavy atom. The van der Waals surface area contributed by atoms with Crippen molar-refractivity contribution in [3.8, 4) is 0 Å². The fourth-order valence-corrected chi connectivity index (χ4v) is 1.72. The molecule has 2 aromatic rings. The SMILES string of the molecule is Cc1cccc2c(N)c(C(=O)O)ccc12. The number of carboxylic acids is 1. The van der Waals surface area contributed by atoms with Gasteiger partial charge < -0.3 is 10.8 Å². The lowest BCUT2D eigenvalue weighted by Crippen LogP contribution is -2.02. The Kier molecular flexibility index (Phi) is 2.08. The molecule has 0 fully saturated rings. The molecular weight excluding hydrogens is 190 g/mol. The first-order chi connectivity index (χ1) is 7.11. The molecule has 0 aliphatic rings. The number of nitrogens with two attached hydrogens (primary N) is 1. The molecule has 0 radical (unpaired) electrons. The maximum absolute atomic E-state index is 10.9. The van der Waals surface area contributed by atoms with Gasteiger partial charge in [0.05, 0.1) is 11.3 Å². The number of hydrogen-bond acceptors (Lipinski definition) is 2. The molecule has 2 aromatic carbocycles. The number of hydrogen-bond donors (Lipinski definition) is 2. The van der Waals surface area contributed by atoms with Crippen molar-refractivity contribution in [2.24, 2.45) is 0 Å². The van der Waals surface area contributed by atoms with E-state index < -0.39 is 5.97 Å². The Bertz CT molecular complexity index is 547. The van der Waals surface area contributed by atoms with E-state index in [1.54, 1.807) is 12.1 Å². The summed E-state index contributed by atoms with van der Waals surface area (Å²) < 4.78 is 0. The molecule has 76 valence electrons. The van der Waals surface area contributed by atoms with Crippen LogP contribution in [0.2, 0.25) is 0 Å². The number of nitrogen functional groups attached to an aromatic ring is 1. The number of aryl methyl sites for hydroxylation is 1. The van der Waals surface area contributed by atoms with Gasteiger partial charge in [-0.05, 0) is 23.9 Å². The number of aromatic carboxylic acids is 1. The number of anilines is 1. The number of carbonyl (C=O) groups is 1. The van der Waals surface area contributed by atoms with Crippen molar-refractivity contribution < 1.29 is 9.90 Å². The Balaban J connectivity index is 2.86. The van der Waals surface area contributed by atoms with Crippen LogP contribution >= 0.6 is 0 Å². The van der Waals surface area contributed by atoms with E-state index in [9.17, 15) is 4.79 Å². The molecule has 0 spiro atoms. The highest BCUT2D eigenvalue weighted by Gasteiger charge is 2.10. The molecule has 3 nitrogen and oxygen atoms in total. The minimum Gasteiger partial charge on any atom is -0.478 e. The van der Waals surface area contributed by atoms with Gasteiger partial charge in [0, 0.05) is 5.39 Å². The molecule has 0 bridgehead atoms. The molecule has 0 saturated carbocycles. The van der Waals surface area contributed by atoms with Gasteiger partial charge in [0.1, 0.15) is 0 Å². The van der Waals surface area contributed by atoms with E-state index in [4.69, 9.17) is 10.8 Å². The second-order valence-corrected chi connectivity index (χ2v) is 3.50. The average molecular weight is 201 g/mol. The summed E-state index contributed by atoms with van der Waals surface area (Å²) in [5.41, 5.74) is 7.40. The zero-order valence-corrected chi connectivity index (χ0v) is 8.32. The van der Waals surface area contributed by atoms with Gasteiger partial charge in [-0.3, -0.25) is 0 Å². The Morgan fingerprint density at radius 1 is 1.20 bits per heavy atom. The van der Waals surface area contributed by atoms with Gasteiger partial charge >= 0.3 is 5.97 Å². The third-order valence-electron chi connectivity index (χ3n) is 2.55. The maximum Gasteiger partial charge on any atom is 0.337 e. The summed E-state index contributed by atoms with van der Waals surface area (Å²) in [6.07, 6.45) is 0. The predicted molar refractivity (Wildman–Crippen MR) is 60.1 cm³/mol. The molecule has 0 aromatic heterocycles. The van der Waals surface area contributed by atoms with Crippen molar-refractivity contribution in [3.05, 3.63) is 41.5 Å². The zero-order chi connectivity index (χ0) is 11.0. The lowest BCUT2D eigenvalue weighted by atomic mass is 10.0. The molecule has 0 unspecified atom stereocenters. The normalized spacial score (nSPS) is 10.5. The van der Waals surface area contributed by atoms with E-state index in [2.05, 4.69) is 0 Å². The Hall–Kier alpha value is -2.03. The fraction of sp³-hybridized carbons (Fsp3) is 0.0833. The van der Waals surface area contributed by atoms with Crippen molar-refractivity contribution in [1.82, 2.24) is 0 Å². The van der Waals surface area contributed by atoms with Crippen LogP contribution in [0.5, 0.6) is 0 Å². The molecular formula is C12H11NO2. The van der Waals surface area contributed by atoms with Crippen molar-refractivity contribution in [3.63, 3.8) is 0 Å². The van der Waals surface area contributed by atoms with Crippen molar-refractivity contribution in [1.29, 1.82) is 0 Å². The average Bonchev–Trinajstić information content (AvgIpc) is 2.19. The van der Waals surface area contributed by atoms with E-state index >= 15 is 0 Å². The standard InChI is InChI=1S/C12H11NO2/c1-7-3-2-4-9-8(7)5-6-10(11(9)13)12(14)15/h2-6H,13H2,1H3,(H,14,15). The fourth-order valence-electron chi connectivity index (χ4n) is 1.72. The minimum atomic E-state index is -0.990. The van der Waals surface area contributed by atoms with E-state index in [0.717, 1.165) is 16.3 Å². The summed E-state index contributed by atoms with van der Waals surface area (Å²) in [4.78, 5) is 10.9. The number of fused-ring (bicyclic) bond motifs is 1. The second-order valence-electron chi connectivity index (χ2n) is 3.50. The van der Waals surface area contributed by atoms with Gasteiger partial charge in [-0.15, -0.1) is 0 Å². The molecule has 0 amide bonds. The first-order valence-corrected chi connectivity index (χ1v) is 4.62. The highest BCUT2D eigenvalue weighted by atomic mass is 16.4. The van der Waals surface area contributed by atoms with Gasteiger partial charge in [-0.25, -0.2) is 4.79 Å². The summed E-state index contributed by atoms with van der Waals surface area (Å²) >= 11 is 0. The van der Waals surface area contributed by atoms with Crippen LogP contribution in [-0.2, 0) is 0 Å². The molecule has 3 heteroatoms. The van der Waals surface area contributed by atoms with Crippen molar-refractivity contribution in [2.75, 3.05) is 5.73 Å². The highest BCUT2D eigenvalue weighted by molar-refractivity contribution is 6.05. The van der Waals surface area contributed by atoms with Crippen molar-refractivity contribution >= 4 is 22.4 Å². The van der Waals surface area contributed by atoms with Gasteiger partial charge in [0.15, 0.2) is 0 Å². The van der Waals surface area contributed by atoms with E-state index in [0.29, 0.717) is 5.69 Å². The summed E-state index contributed by atoms with van der Waals surface area (Å²) in [5.74, 6) is -0.990. The third kappa shape index (κ3) is 1.42. The van der Waals surface area contributed by atoms with Crippen LogP contribution in [0.1, 0.15) is 15.9 Å². The van der Waals surface area contributed by atoms with Crippen LogP contribution in [0.4, 0.5) is 5.69 Å². The number of benzene rings is 2. The van der Waals surface area contributed by atoms with E-state index in [-0.39, 0.29) is 5.56 Å². The van der Waals surface area contributed by atoms with Gasteiger partial charge in [0.2, 0.25) is 0 Å². The Labute approximate surface area is 87.1 Å². The van der Waals surface area contributed by atoms with E-state index in [1.165, 1.54) is 0 Å². The summed E-state index contributed by atoms with van der Waals surface area (Å²) in [7, 11) is 0. The van der Waals surface area contributed by atoms with Crippen LogP contribution in [-0.4, -0.2) is 11.1 Å². The Morgan fingerprint density at radius 3 is 2.60 bits per heavy atom.